The topological polar surface area (TPSA) is 59.6 Å². The van der Waals surface area contributed by atoms with Crippen molar-refractivity contribution >= 4 is 39.1 Å². The van der Waals surface area contributed by atoms with Crippen molar-refractivity contribution in [1.29, 1.82) is 0 Å². The Hall–Kier alpha value is -2.54. The standard InChI is InChI=1S/C26H28BrClN2O3/c1-3-32-24-14-20(16-29-13-12-19-6-8-21(28)9-7-19)23(27)15-25(24)33-17-26(31)30-22-10-4-18(2)5-11-22/h4-11,14-15,29H,3,12-13,16-17H2,1-2H3,(H,30,31). The van der Waals surface area contributed by atoms with Gasteiger partial charge in [0.05, 0.1) is 6.61 Å². The largest absolute Gasteiger partial charge is 0.490 e. The predicted molar refractivity (Wildman–Crippen MR) is 137 cm³/mol. The molecule has 0 aliphatic heterocycles. The maximum atomic E-state index is 12.3. The lowest BCUT2D eigenvalue weighted by Gasteiger charge is -2.15. The molecule has 0 saturated heterocycles. The van der Waals surface area contributed by atoms with Crippen LogP contribution in [0.25, 0.3) is 0 Å². The lowest BCUT2D eigenvalue weighted by Crippen LogP contribution is -2.20. The summed E-state index contributed by atoms with van der Waals surface area (Å²) < 4.78 is 12.4. The summed E-state index contributed by atoms with van der Waals surface area (Å²) in [6.07, 6.45) is 0.907. The first-order chi connectivity index (χ1) is 15.9. The minimum atomic E-state index is -0.231. The molecule has 0 aliphatic rings. The molecule has 174 valence electrons. The number of aryl methyl sites for hydroxylation is 1. The molecule has 0 spiro atoms. The monoisotopic (exact) mass is 530 g/mol. The van der Waals surface area contributed by atoms with Gasteiger partial charge in [-0.15, -0.1) is 0 Å². The maximum absolute atomic E-state index is 12.3. The zero-order valence-corrected chi connectivity index (χ0v) is 21.1. The molecule has 5 nitrogen and oxygen atoms in total. The van der Waals surface area contributed by atoms with Gasteiger partial charge in [0.2, 0.25) is 0 Å². The number of carbonyl (C=O) groups is 1. The highest BCUT2D eigenvalue weighted by molar-refractivity contribution is 9.10. The van der Waals surface area contributed by atoms with Gasteiger partial charge in [0.25, 0.3) is 5.91 Å². The molecule has 7 heteroatoms. The second kappa shape index (κ2) is 12.6. The van der Waals surface area contributed by atoms with Gasteiger partial charge in [-0.2, -0.15) is 0 Å². The summed E-state index contributed by atoms with van der Waals surface area (Å²) in [5.74, 6) is 0.899. The number of ether oxygens (including phenoxy) is 2. The molecule has 1 amide bonds. The Kier molecular flexibility index (Phi) is 9.61. The molecule has 3 aromatic rings. The SMILES string of the molecule is CCOc1cc(CNCCc2ccc(Cl)cc2)c(Br)cc1OCC(=O)Nc1ccc(C)cc1. The second-order valence-electron chi connectivity index (χ2n) is 7.58. The fourth-order valence-corrected chi connectivity index (χ4v) is 3.77. The van der Waals surface area contributed by atoms with Gasteiger partial charge in [0.15, 0.2) is 18.1 Å². The van der Waals surface area contributed by atoms with Crippen LogP contribution in [-0.2, 0) is 17.8 Å². The summed E-state index contributed by atoms with van der Waals surface area (Å²) in [6, 6.07) is 19.3. The number of amides is 1. The Morgan fingerprint density at radius 2 is 1.70 bits per heavy atom. The van der Waals surface area contributed by atoms with E-state index in [0.29, 0.717) is 24.7 Å². The van der Waals surface area contributed by atoms with Gasteiger partial charge in [0, 0.05) is 21.7 Å². The third-order valence-corrected chi connectivity index (χ3v) is 5.92. The zero-order valence-electron chi connectivity index (χ0n) is 18.8. The van der Waals surface area contributed by atoms with Crippen molar-refractivity contribution in [2.24, 2.45) is 0 Å². The van der Waals surface area contributed by atoms with E-state index in [4.69, 9.17) is 21.1 Å². The highest BCUT2D eigenvalue weighted by atomic mass is 79.9. The number of carbonyl (C=O) groups excluding carboxylic acids is 1. The first-order valence-electron chi connectivity index (χ1n) is 10.8. The minimum Gasteiger partial charge on any atom is -0.490 e. The molecule has 0 radical (unpaired) electrons. The minimum absolute atomic E-state index is 0.112. The molecule has 0 unspecified atom stereocenters. The van der Waals surface area contributed by atoms with Crippen LogP contribution in [0.2, 0.25) is 5.02 Å². The Morgan fingerprint density at radius 3 is 2.39 bits per heavy atom. The van der Waals surface area contributed by atoms with Crippen LogP contribution in [0.15, 0.2) is 65.1 Å². The van der Waals surface area contributed by atoms with Crippen LogP contribution in [0.3, 0.4) is 0 Å². The normalized spacial score (nSPS) is 10.7. The highest BCUT2D eigenvalue weighted by Gasteiger charge is 2.13. The van der Waals surface area contributed by atoms with E-state index in [9.17, 15) is 4.79 Å². The molecule has 3 rings (SSSR count). The number of hydrogen-bond donors (Lipinski definition) is 2. The molecule has 0 saturated carbocycles. The van der Waals surface area contributed by atoms with Gasteiger partial charge in [-0.05, 0) is 74.3 Å². The van der Waals surface area contributed by atoms with Crippen molar-refractivity contribution < 1.29 is 14.3 Å². The Balaban J connectivity index is 1.55. The van der Waals surface area contributed by atoms with Gasteiger partial charge in [-0.1, -0.05) is 57.4 Å². The quantitative estimate of drug-likeness (QED) is 0.291. The van der Waals surface area contributed by atoms with Gasteiger partial charge in [-0.25, -0.2) is 0 Å². The van der Waals surface area contributed by atoms with Crippen molar-refractivity contribution in [2.75, 3.05) is 25.1 Å². The zero-order chi connectivity index (χ0) is 23.6. The molecule has 0 heterocycles. The van der Waals surface area contributed by atoms with Gasteiger partial charge in [0.1, 0.15) is 0 Å². The molecular weight excluding hydrogens is 504 g/mol. The first-order valence-corrected chi connectivity index (χ1v) is 12.0. The average Bonchev–Trinajstić information content (AvgIpc) is 2.80. The van der Waals surface area contributed by atoms with Crippen molar-refractivity contribution in [1.82, 2.24) is 5.32 Å². The van der Waals surface area contributed by atoms with E-state index >= 15 is 0 Å². The summed E-state index contributed by atoms with van der Waals surface area (Å²) in [6.45, 7) is 5.80. The molecule has 0 atom stereocenters. The van der Waals surface area contributed by atoms with Crippen molar-refractivity contribution in [3.8, 4) is 11.5 Å². The van der Waals surface area contributed by atoms with E-state index in [1.807, 2.05) is 74.5 Å². The third-order valence-electron chi connectivity index (χ3n) is 4.93. The number of anilines is 1. The van der Waals surface area contributed by atoms with E-state index < -0.39 is 0 Å². The summed E-state index contributed by atoms with van der Waals surface area (Å²) in [4.78, 5) is 12.3. The van der Waals surface area contributed by atoms with E-state index in [1.165, 1.54) is 5.56 Å². The van der Waals surface area contributed by atoms with Crippen LogP contribution in [0, 0.1) is 6.92 Å². The van der Waals surface area contributed by atoms with E-state index in [0.717, 1.165) is 39.3 Å². The number of rotatable bonds is 11. The van der Waals surface area contributed by atoms with Gasteiger partial charge < -0.3 is 20.1 Å². The predicted octanol–water partition coefficient (Wildman–Crippen LogP) is 6.16. The number of nitrogens with one attached hydrogen (secondary N) is 2. The molecule has 33 heavy (non-hydrogen) atoms. The first kappa shape index (κ1) is 25.1. The van der Waals surface area contributed by atoms with Crippen molar-refractivity contribution in [3.63, 3.8) is 0 Å². The molecular formula is C26H28BrClN2O3. The summed E-state index contributed by atoms with van der Waals surface area (Å²) >= 11 is 9.55. The highest BCUT2D eigenvalue weighted by Crippen LogP contribution is 2.34. The Labute approximate surface area is 208 Å². The lowest BCUT2D eigenvalue weighted by atomic mass is 10.1. The number of hydrogen-bond acceptors (Lipinski definition) is 4. The van der Waals surface area contributed by atoms with E-state index in [2.05, 4.69) is 26.6 Å². The van der Waals surface area contributed by atoms with Crippen molar-refractivity contribution in [2.45, 2.75) is 26.8 Å². The van der Waals surface area contributed by atoms with Crippen LogP contribution >= 0.6 is 27.5 Å². The van der Waals surface area contributed by atoms with Crippen LogP contribution in [0.4, 0.5) is 5.69 Å². The van der Waals surface area contributed by atoms with E-state index in [1.54, 1.807) is 0 Å². The third kappa shape index (κ3) is 8.07. The maximum Gasteiger partial charge on any atom is 0.262 e. The Bertz CT molecular complexity index is 1060. The molecule has 3 aromatic carbocycles. The van der Waals surface area contributed by atoms with Crippen molar-refractivity contribution in [3.05, 3.63) is 86.8 Å². The molecule has 0 fully saturated rings. The fourth-order valence-electron chi connectivity index (χ4n) is 3.18. The second-order valence-corrected chi connectivity index (χ2v) is 8.87. The fraction of sp³-hybridized carbons (Fsp3) is 0.269. The molecule has 0 aromatic heterocycles. The smallest absolute Gasteiger partial charge is 0.262 e. The van der Waals surface area contributed by atoms with E-state index in [-0.39, 0.29) is 12.5 Å². The van der Waals surface area contributed by atoms with Gasteiger partial charge >= 0.3 is 0 Å². The van der Waals surface area contributed by atoms with Crippen LogP contribution < -0.4 is 20.1 Å². The van der Waals surface area contributed by atoms with Gasteiger partial charge in [-0.3, -0.25) is 4.79 Å². The van der Waals surface area contributed by atoms with Crippen LogP contribution in [-0.4, -0.2) is 25.7 Å². The Morgan fingerprint density at radius 1 is 1.00 bits per heavy atom. The molecule has 0 aliphatic carbocycles. The average molecular weight is 532 g/mol. The van der Waals surface area contributed by atoms with Crippen LogP contribution in [0.1, 0.15) is 23.6 Å². The summed E-state index contributed by atoms with van der Waals surface area (Å²) in [5, 5.41) is 7.03. The summed E-state index contributed by atoms with van der Waals surface area (Å²) in [5.41, 5.74) is 4.15. The molecule has 0 bridgehead atoms. The number of benzene rings is 3. The molecule has 2 N–H and O–H groups in total. The lowest BCUT2D eigenvalue weighted by molar-refractivity contribution is -0.118. The summed E-state index contributed by atoms with van der Waals surface area (Å²) in [7, 11) is 0. The number of halogens is 2. The van der Waals surface area contributed by atoms with Crippen LogP contribution in [0.5, 0.6) is 11.5 Å².